The molecule has 1 unspecified atom stereocenters. The van der Waals surface area contributed by atoms with Crippen LogP contribution in [-0.2, 0) is 4.74 Å². The fourth-order valence-corrected chi connectivity index (χ4v) is 2.95. The van der Waals surface area contributed by atoms with Crippen LogP contribution in [0.25, 0.3) is 11.0 Å². The number of ether oxygens (including phenoxy) is 1. The summed E-state index contributed by atoms with van der Waals surface area (Å²) in [6.45, 7) is 1.08. The van der Waals surface area contributed by atoms with E-state index in [0.29, 0.717) is 18.3 Å². The maximum Gasteiger partial charge on any atom is 0.136 e. The molecule has 0 saturated heterocycles. The molecule has 0 radical (unpaired) electrons. The minimum Gasteiger partial charge on any atom is -0.458 e. The van der Waals surface area contributed by atoms with E-state index in [1.54, 1.807) is 0 Å². The number of furan rings is 1. The van der Waals surface area contributed by atoms with Crippen molar-refractivity contribution in [2.24, 2.45) is 5.92 Å². The Morgan fingerprint density at radius 2 is 2.00 bits per heavy atom. The number of hydrogen-bond acceptors (Lipinski definition) is 3. The second-order valence-electron chi connectivity index (χ2n) is 5.74. The molecule has 20 heavy (non-hydrogen) atoms. The topological polar surface area (TPSA) is 42.6 Å². The van der Waals surface area contributed by atoms with Crippen LogP contribution in [0.2, 0.25) is 0 Å². The van der Waals surface area contributed by atoms with E-state index in [9.17, 15) is 5.11 Å². The van der Waals surface area contributed by atoms with E-state index >= 15 is 0 Å². The lowest BCUT2D eigenvalue weighted by Gasteiger charge is -2.21. The number of hydrogen-bond donors (Lipinski definition) is 1. The molecular formula is C17H22O3. The number of benzene rings is 1. The van der Waals surface area contributed by atoms with Crippen molar-refractivity contribution in [2.45, 2.75) is 38.2 Å². The van der Waals surface area contributed by atoms with Crippen molar-refractivity contribution in [1.82, 2.24) is 0 Å². The van der Waals surface area contributed by atoms with E-state index in [2.05, 4.69) is 0 Å². The Bertz CT molecular complexity index is 507. The summed E-state index contributed by atoms with van der Waals surface area (Å²) >= 11 is 0. The highest BCUT2D eigenvalue weighted by atomic mass is 16.5. The van der Waals surface area contributed by atoms with Crippen LogP contribution in [0.3, 0.4) is 0 Å². The van der Waals surface area contributed by atoms with Gasteiger partial charge in [-0.25, -0.2) is 0 Å². The average molecular weight is 274 g/mol. The van der Waals surface area contributed by atoms with E-state index in [1.807, 2.05) is 30.3 Å². The molecule has 1 N–H and O–H groups in total. The maximum atomic E-state index is 10.1. The molecule has 1 saturated carbocycles. The number of para-hydroxylation sites is 1. The maximum absolute atomic E-state index is 10.1. The Morgan fingerprint density at radius 1 is 1.20 bits per heavy atom. The lowest BCUT2D eigenvalue weighted by molar-refractivity contribution is 0.00660. The van der Waals surface area contributed by atoms with Crippen molar-refractivity contribution in [3.63, 3.8) is 0 Å². The second-order valence-corrected chi connectivity index (χ2v) is 5.74. The fraction of sp³-hybridized carbons (Fsp3) is 0.529. The lowest BCUT2D eigenvalue weighted by atomic mass is 9.90. The molecular weight excluding hydrogens is 252 g/mol. The summed E-state index contributed by atoms with van der Waals surface area (Å²) in [5.74, 6) is 1.27. The summed E-state index contributed by atoms with van der Waals surface area (Å²) in [6, 6.07) is 9.69. The quantitative estimate of drug-likeness (QED) is 0.894. The summed E-state index contributed by atoms with van der Waals surface area (Å²) < 4.78 is 11.3. The third kappa shape index (κ3) is 3.22. The zero-order valence-corrected chi connectivity index (χ0v) is 11.8. The van der Waals surface area contributed by atoms with Gasteiger partial charge in [0.15, 0.2) is 0 Å². The second kappa shape index (κ2) is 6.42. The van der Waals surface area contributed by atoms with Crippen molar-refractivity contribution >= 4 is 11.0 Å². The first-order valence-corrected chi connectivity index (χ1v) is 7.57. The number of fused-ring (bicyclic) bond motifs is 1. The van der Waals surface area contributed by atoms with Crippen LogP contribution in [0.5, 0.6) is 0 Å². The van der Waals surface area contributed by atoms with Gasteiger partial charge in [-0.1, -0.05) is 37.5 Å². The highest BCUT2D eigenvalue weighted by Gasteiger charge is 2.16. The molecule has 3 rings (SSSR count). The molecule has 1 aromatic heterocycles. The van der Waals surface area contributed by atoms with Crippen molar-refractivity contribution < 1.29 is 14.3 Å². The normalized spacial score (nSPS) is 18.4. The smallest absolute Gasteiger partial charge is 0.136 e. The lowest BCUT2D eigenvalue weighted by Crippen LogP contribution is -2.16. The minimum absolute atomic E-state index is 0.316. The molecule has 3 heteroatoms. The first-order chi connectivity index (χ1) is 9.83. The molecule has 108 valence electrons. The van der Waals surface area contributed by atoms with Crippen LogP contribution >= 0.6 is 0 Å². The Morgan fingerprint density at radius 3 is 2.80 bits per heavy atom. The molecule has 1 fully saturated rings. The third-order valence-corrected chi connectivity index (χ3v) is 4.13. The molecule has 2 aromatic rings. The van der Waals surface area contributed by atoms with E-state index in [0.717, 1.165) is 17.6 Å². The molecule has 1 atom stereocenters. The van der Waals surface area contributed by atoms with Gasteiger partial charge in [0.2, 0.25) is 0 Å². The van der Waals surface area contributed by atoms with Crippen LogP contribution in [0, 0.1) is 5.92 Å². The molecule has 1 aliphatic carbocycles. The molecule has 1 heterocycles. The molecule has 1 aromatic carbocycles. The van der Waals surface area contributed by atoms with Crippen molar-refractivity contribution in [1.29, 1.82) is 0 Å². The summed E-state index contributed by atoms with van der Waals surface area (Å²) in [7, 11) is 0. The van der Waals surface area contributed by atoms with Crippen molar-refractivity contribution in [2.75, 3.05) is 13.2 Å². The van der Waals surface area contributed by atoms with Gasteiger partial charge in [-0.15, -0.1) is 0 Å². The molecule has 0 bridgehead atoms. The Kier molecular flexibility index (Phi) is 4.38. The van der Waals surface area contributed by atoms with Gasteiger partial charge in [-0.2, -0.15) is 0 Å². The minimum atomic E-state index is -0.675. The number of rotatable bonds is 5. The standard InChI is InChI=1S/C17H22O3/c18-15(12-19-11-13-6-2-1-3-7-13)17-10-14-8-4-5-9-16(14)20-17/h4-5,8-10,13,15,18H,1-3,6-7,11-12H2. The molecule has 0 aliphatic heterocycles. The van der Waals surface area contributed by atoms with Gasteiger partial charge in [0.1, 0.15) is 17.4 Å². The van der Waals surface area contributed by atoms with E-state index in [4.69, 9.17) is 9.15 Å². The van der Waals surface area contributed by atoms with Crippen LogP contribution in [0.1, 0.15) is 44.0 Å². The fourth-order valence-electron chi connectivity index (χ4n) is 2.95. The predicted octanol–water partition coefficient (Wildman–Crippen LogP) is 4.06. The Labute approximate surface area is 119 Å². The summed E-state index contributed by atoms with van der Waals surface area (Å²) in [5, 5.41) is 11.2. The zero-order chi connectivity index (χ0) is 13.8. The van der Waals surface area contributed by atoms with Crippen LogP contribution in [0.15, 0.2) is 34.7 Å². The predicted molar refractivity (Wildman–Crippen MR) is 78.6 cm³/mol. The van der Waals surface area contributed by atoms with Gasteiger partial charge in [0.05, 0.1) is 6.61 Å². The van der Waals surface area contributed by atoms with Crippen molar-refractivity contribution in [3.8, 4) is 0 Å². The van der Waals surface area contributed by atoms with Gasteiger partial charge in [-0.05, 0) is 30.9 Å². The first kappa shape index (κ1) is 13.7. The molecule has 3 nitrogen and oxygen atoms in total. The van der Waals surface area contributed by atoms with Gasteiger partial charge >= 0.3 is 0 Å². The van der Waals surface area contributed by atoms with Crippen LogP contribution < -0.4 is 0 Å². The van der Waals surface area contributed by atoms with E-state index < -0.39 is 6.10 Å². The third-order valence-electron chi connectivity index (χ3n) is 4.13. The highest BCUT2D eigenvalue weighted by Crippen LogP contribution is 2.26. The van der Waals surface area contributed by atoms with Gasteiger partial charge in [0, 0.05) is 12.0 Å². The first-order valence-electron chi connectivity index (χ1n) is 7.57. The largest absolute Gasteiger partial charge is 0.458 e. The molecule has 0 amide bonds. The van der Waals surface area contributed by atoms with Crippen molar-refractivity contribution in [3.05, 3.63) is 36.1 Å². The molecule has 1 aliphatic rings. The van der Waals surface area contributed by atoms with Gasteiger partial charge in [-0.3, -0.25) is 0 Å². The Balaban J connectivity index is 1.52. The van der Waals surface area contributed by atoms with Crippen LogP contribution in [-0.4, -0.2) is 18.3 Å². The highest BCUT2D eigenvalue weighted by molar-refractivity contribution is 5.77. The zero-order valence-electron chi connectivity index (χ0n) is 11.8. The summed E-state index contributed by atoms with van der Waals surface area (Å²) in [5.41, 5.74) is 0.814. The SMILES string of the molecule is OC(COCC1CCCCC1)c1cc2ccccc2o1. The number of aliphatic hydroxyl groups is 1. The van der Waals surface area contributed by atoms with E-state index in [1.165, 1.54) is 32.1 Å². The van der Waals surface area contributed by atoms with Gasteiger partial charge in [0.25, 0.3) is 0 Å². The Hall–Kier alpha value is -1.32. The summed E-state index contributed by atoms with van der Waals surface area (Å²) in [4.78, 5) is 0. The monoisotopic (exact) mass is 274 g/mol. The van der Waals surface area contributed by atoms with Gasteiger partial charge < -0.3 is 14.3 Å². The number of aliphatic hydroxyl groups excluding tert-OH is 1. The average Bonchev–Trinajstić information content (AvgIpc) is 2.92. The van der Waals surface area contributed by atoms with Crippen LogP contribution in [0.4, 0.5) is 0 Å². The molecule has 0 spiro atoms. The van der Waals surface area contributed by atoms with E-state index in [-0.39, 0.29) is 0 Å². The summed E-state index contributed by atoms with van der Waals surface area (Å²) in [6.07, 6.45) is 5.85.